The average Bonchev–Trinajstić information content (AvgIpc) is 2.81. The minimum absolute atomic E-state index is 0.149. The molecule has 0 fully saturated rings. The Bertz CT molecular complexity index is 766. The first-order valence-corrected chi connectivity index (χ1v) is 6.58. The average molecular weight is 270 g/mol. The zero-order valence-corrected chi connectivity index (χ0v) is 11.0. The van der Waals surface area contributed by atoms with Crippen LogP contribution in [0.5, 0.6) is 0 Å². The Hall–Kier alpha value is -2.27. The maximum absolute atomic E-state index is 10.9. The molecule has 94 valence electrons. The molecular formula is C14H10N2O2S. The number of nitrogens with zero attached hydrogens (tertiary/aromatic N) is 2. The van der Waals surface area contributed by atoms with Crippen molar-refractivity contribution in [3.05, 3.63) is 58.1 Å². The Morgan fingerprint density at radius 1 is 1.21 bits per heavy atom. The zero-order valence-electron chi connectivity index (χ0n) is 10.2. The largest absolute Gasteiger partial charge is 0.273 e. The number of nitro groups is 1. The van der Waals surface area contributed by atoms with Crippen LogP contribution in [0.3, 0.4) is 0 Å². The Balaban J connectivity index is 2.19. The lowest BCUT2D eigenvalue weighted by Gasteiger charge is -1.95. The standard InChI is InChI=1S/C14H10N2O2S/c1-9-7-11-13(8-12(9)16(17)18)19-14(15-11)10-5-3-2-4-6-10/h2-8H,1H3. The van der Waals surface area contributed by atoms with Crippen molar-refractivity contribution in [1.29, 1.82) is 0 Å². The summed E-state index contributed by atoms with van der Waals surface area (Å²) in [5.74, 6) is 0. The van der Waals surface area contributed by atoms with Crippen LogP contribution in [-0.2, 0) is 0 Å². The van der Waals surface area contributed by atoms with Gasteiger partial charge in [0.25, 0.3) is 5.69 Å². The maximum Gasteiger partial charge on any atom is 0.273 e. The second kappa shape index (κ2) is 4.44. The first kappa shape index (κ1) is 11.8. The van der Waals surface area contributed by atoms with E-state index in [1.807, 2.05) is 30.3 Å². The monoisotopic (exact) mass is 270 g/mol. The lowest BCUT2D eigenvalue weighted by Crippen LogP contribution is -1.90. The van der Waals surface area contributed by atoms with Crippen molar-refractivity contribution in [2.24, 2.45) is 0 Å². The fraction of sp³-hybridized carbons (Fsp3) is 0.0714. The number of fused-ring (bicyclic) bond motifs is 1. The van der Waals surface area contributed by atoms with Crippen molar-refractivity contribution in [3.8, 4) is 10.6 Å². The predicted octanol–water partition coefficient (Wildman–Crippen LogP) is 4.18. The summed E-state index contributed by atoms with van der Waals surface area (Å²) in [5.41, 5.74) is 2.63. The molecule has 0 aliphatic heterocycles. The summed E-state index contributed by atoms with van der Waals surface area (Å²) in [6.07, 6.45) is 0. The topological polar surface area (TPSA) is 56.0 Å². The van der Waals surface area contributed by atoms with Crippen molar-refractivity contribution in [2.75, 3.05) is 0 Å². The highest BCUT2D eigenvalue weighted by Gasteiger charge is 2.14. The summed E-state index contributed by atoms with van der Waals surface area (Å²) in [7, 11) is 0. The molecule has 0 spiro atoms. The van der Waals surface area contributed by atoms with Gasteiger partial charge in [0.15, 0.2) is 0 Å². The second-order valence-electron chi connectivity index (χ2n) is 4.25. The first-order valence-electron chi connectivity index (χ1n) is 5.76. The molecule has 0 atom stereocenters. The normalized spacial score (nSPS) is 10.8. The van der Waals surface area contributed by atoms with E-state index in [1.54, 1.807) is 19.1 Å². The quantitative estimate of drug-likeness (QED) is 0.518. The summed E-state index contributed by atoms with van der Waals surface area (Å²) in [6, 6.07) is 13.2. The van der Waals surface area contributed by atoms with E-state index in [4.69, 9.17) is 0 Å². The summed E-state index contributed by atoms with van der Waals surface area (Å²) in [4.78, 5) is 15.1. The van der Waals surface area contributed by atoms with Crippen LogP contribution in [0.1, 0.15) is 5.56 Å². The van der Waals surface area contributed by atoms with E-state index in [-0.39, 0.29) is 10.6 Å². The van der Waals surface area contributed by atoms with E-state index >= 15 is 0 Å². The molecule has 0 saturated heterocycles. The Kier molecular flexibility index (Phi) is 2.76. The van der Waals surface area contributed by atoms with Crippen molar-refractivity contribution in [2.45, 2.75) is 6.92 Å². The van der Waals surface area contributed by atoms with Crippen LogP contribution in [0, 0.1) is 17.0 Å². The molecule has 2 aromatic carbocycles. The van der Waals surface area contributed by atoms with Gasteiger partial charge >= 0.3 is 0 Å². The van der Waals surface area contributed by atoms with E-state index in [0.717, 1.165) is 20.8 Å². The van der Waals surface area contributed by atoms with Crippen molar-refractivity contribution >= 4 is 27.2 Å². The molecule has 0 amide bonds. The zero-order chi connectivity index (χ0) is 13.4. The highest BCUT2D eigenvalue weighted by Crippen LogP contribution is 2.33. The maximum atomic E-state index is 10.9. The van der Waals surface area contributed by atoms with Gasteiger partial charge in [-0.3, -0.25) is 10.1 Å². The second-order valence-corrected chi connectivity index (χ2v) is 5.28. The van der Waals surface area contributed by atoms with Gasteiger partial charge in [0.05, 0.1) is 15.1 Å². The van der Waals surface area contributed by atoms with E-state index < -0.39 is 0 Å². The lowest BCUT2D eigenvalue weighted by molar-refractivity contribution is -0.385. The molecule has 19 heavy (non-hydrogen) atoms. The SMILES string of the molecule is Cc1cc2nc(-c3ccccc3)sc2cc1[N+](=O)[O-]. The summed E-state index contributed by atoms with van der Waals surface area (Å²) < 4.78 is 0.844. The fourth-order valence-electron chi connectivity index (χ4n) is 1.97. The van der Waals surface area contributed by atoms with Gasteiger partial charge in [-0.15, -0.1) is 11.3 Å². The molecule has 0 N–H and O–H groups in total. The summed E-state index contributed by atoms with van der Waals surface area (Å²) >= 11 is 1.48. The third kappa shape index (κ3) is 2.08. The minimum atomic E-state index is -0.351. The summed E-state index contributed by atoms with van der Waals surface area (Å²) in [5, 5.41) is 11.8. The fourth-order valence-corrected chi connectivity index (χ4v) is 2.95. The Morgan fingerprint density at radius 2 is 1.95 bits per heavy atom. The van der Waals surface area contributed by atoms with Gasteiger partial charge in [0, 0.05) is 17.2 Å². The minimum Gasteiger partial charge on any atom is -0.258 e. The third-order valence-electron chi connectivity index (χ3n) is 2.92. The van der Waals surface area contributed by atoms with Gasteiger partial charge in [-0.2, -0.15) is 0 Å². The van der Waals surface area contributed by atoms with Crippen LogP contribution in [0.2, 0.25) is 0 Å². The molecule has 1 heterocycles. The first-order chi connectivity index (χ1) is 9.15. The highest BCUT2D eigenvalue weighted by atomic mass is 32.1. The van der Waals surface area contributed by atoms with Crippen molar-refractivity contribution < 1.29 is 4.92 Å². The molecule has 0 unspecified atom stereocenters. The van der Waals surface area contributed by atoms with Gasteiger partial charge < -0.3 is 0 Å². The van der Waals surface area contributed by atoms with Crippen molar-refractivity contribution in [1.82, 2.24) is 4.98 Å². The smallest absolute Gasteiger partial charge is 0.258 e. The molecular weight excluding hydrogens is 260 g/mol. The van der Waals surface area contributed by atoms with Crippen LogP contribution in [0.4, 0.5) is 5.69 Å². The van der Waals surface area contributed by atoms with Gasteiger partial charge in [-0.1, -0.05) is 30.3 Å². The van der Waals surface area contributed by atoms with Crippen molar-refractivity contribution in [3.63, 3.8) is 0 Å². The number of hydrogen-bond acceptors (Lipinski definition) is 4. The number of nitro benzene ring substituents is 1. The van der Waals surface area contributed by atoms with Crippen LogP contribution >= 0.6 is 11.3 Å². The molecule has 4 nitrogen and oxygen atoms in total. The van der Waals surface area contributed by atoms with Gasteiger partial charge in [-0.25, -0.2) is 4.98 Å². The molecule has 5 heteroatoms. The van der Waals surface area contributed by atoms with Crippen LogP contribution < -0.4 is 0 Å². The third-order valence-corrected chi connectivity index (χ3v) is 3.99. The highest BCUT2D eigenvalue weighted by molar-refractivity contribution is 7.21. The van der Waals surface area contributed by atoms with Gasteiger partial charge in [-0.05, 0) is 13.0 Å². The van der Waals surface area contributed by atoms with Crippen LogP contribution in [0.15, 0.2) is 42.5 Å². The number of hydrogen-bond donors (Lipinski definition) is 0. The number of aryl methyl sites for hydroxylation is 1. The van der Waals surface area contributed by atoms with E-state index in [1.165, 1.54) is 11.3 Å². The molecule has 1 aromatic heterocycles. The molecule has 0 aliphatic rings. The molecule has 0 saturated carbocycles. The Morgan fingerprint density at radius 3 is 2.63 bits per heavy atom. The molecule has 0 bridgehead atoms. The molecule has 0 radical (unpaired) electrons. The van der Waals surface area contributed by atoms with E-state index in [2.05, 4.69) is 4.98 Å². The summed E-state index contributed by atoms with van der Waals surface area (Å²) in [6.45, 7) is 1.74. The lowest BCUT2D eigenvalue weighted by atomic mass is 10.2. The number of aromatic nitrogens is 1. The van der Waals surface area contributed by atoms with Crippen LogP contribution in [0.25, 0.3) is 20.8 Å². The van der Waals surface area contributed by atoms with E-state index in [0.29, 0.717) is 5.56 Å². The number of thiazole rings is 1. The number of rotatable bonds is 2. The molecule has 3 rings (SSSR count). The van der Waals surface area contributed by atoms with Gasteiger partial charge in [0.2, 0.25) is 0 Å². The predicted molar refractivity (Wildman–Crippen MR) is 76.4 cm³/mol. The Labute approximate surface area is 113 Å². The van der Waals surface area contributed by atoms with E-state index in [9.17, 15) is 10.1 Å². The molecule has 3 aromatic rings. The van der Waals surface area contributed by atoms with Crippen LogP contribution in [-0.4, -0.2) is 9.91 Å². The van der Waals surface area contributed by atoms with Gasteiger partial charge in [0.1, 0.15) is 5.01 Å². The molecule has 0 aliphatic carbocycles. The number of benzene rings is 2.